The third kappa shape index (κ3) is 8.81. The highest BCUT2D eigenvalue weighted by molar-refractivity contribution is 9.10. The Morgan fingerprint density at radius 1 is 1.00 bits per heavy atom. The van der Waals surface area contributed by atoms with Crippen molar-refractivity contribution in [1.82, 2.24) is 16.2 Å². The topological polar surface area (TPSA) is 109 Å². The first-order valence-electron chi connectivity index (χ1n) is 9.47. The Morgan fingerprint density at radius 2 is 1.72 bits per heavy atom. The number of hydrazine groups is 1. The van der Waals surface area contributed by atoms with Gasteiger partial charge in [-0.2, -0.15) is 0 Å². The van der Waals surface area contributed by atoms with Gasteiger partial charge in [0.2, 0.25) is 11.8 Å². The zero-order chi connectivity index (χ0) is 23.7. The monoisotopic (exact) mass is 540 g/mol. The SMILES string of the molecule is Cc1ccc(NC(=O)CCC(=O)NNC(=S)NC(=O)COc2ccc(Br)cc2Cl)c(C)c1. The van der Waals surface area contributed by atoms with Gasteiger partial charge < -0.3 is 10.1 Å². The average molecular weight is 542 g/mol. The normalized spacial score (nSPS) is 10.1. The van der Waals surface area contributed by atoms with E-state index in [1.165, 1.54) is 0 Å². The van der Waals surface area contributed by atoms with E-state index in [1.807, 2.05) is 32.0 Å². The number of ether oxygens (including phenoxy) is 1. The molecular weight excluding hydrogens is 520 g/mol. The maximum absolute atomic E-state index is 12.0. The number of nitrogens with one attached hydrogen (secondary N) is 4. The minimum Gasteiger partial charge on any atom is -0.482 e. The number of anilines is 1. The smallest absolute Gasteiger partial charge is 0.264 e. The van der Waals surface area contributed by atoms with Crippen LogP contribution in [0.3, 0.4) is 0 Å². The van der Waals surface area contributed by atoms with Gasteiger partial charge in [-0.05, 0) is 55.9 Å². The molecule has 3 amide bonds. The molecule has 0 atom stereocenters. The Kier molecular flexibility index (Phi) is 9.89. The number of thiocarbonyl (C=S) groups is 1. The number of aryl methyl sites for hydroxylation is 2. The number of rotatable bonds is 7. The molecule has 0 radical (unpaired) electrons. The van der Waals surface area contributed by atoms with Crippen molar-refractivity contribution >= 4 is 68.3 Å². The Labute approximate surface area is 204 Å². The summed E-state index contributed by atoms with van der Waals surface area (Å²) < 4.78 is 6.11. The molecule has 32 heavy (non-hydrogen) atoms. The summed E-state index contributed by atoms with van der Waals surface area (Å²) in [6, 6.07) is 10.7. The van der Waals surface area contributed by atoms with Crippen molar-refractivity contribution in [1.29, 1.82) is 0 Å². The molecule has 2 rings (SSSR count). The number of amides is 3. The molecule has 0 saturated carbocycles. The number of hydrogen-bond donors (Lipinski definition) is 4. The molecule has 11 heteroatoms. The summed E-state index contributed by atoms with van der Waals surface area (Å²) in [5.41, 5.74) is 7.46. The van der Waals surface area contributed by atoms with Gasteiger partial charge in [0.05, 0.1) is 5.02 Å². The van der Waals surface area contributed by atoms with Crippen LogP contribution < -0.4 is 26.2 Å². The fraction of sp³-hybridized carbons (Fsp3) is 0.238. The van der Waals surface area contributed by atoms with Gasteiger partial charge >= 0.3 is 0 Å². The molecule has 2 aromatic carbocycles. The van der Waals surface area contributed by atoms with E-state index in [0.717, 1.165) is 15.6 Å². The summed E-state index contributed by atoms with van der Waals surface area (Å²) in [7, 11) is 0. The van der Waals surface area contributed by atoms with Crippen LogP contribution in [0.1, 0.15) is 24.0 Å². The van der Waals surface area contributed by atoms with Crippen LogP contribution in [-0.4, -0.2) is 29.4 Å². The maximum Gasteiger partial charge on any atom is 0.264 e. The number of benzene rings is 2. The number of hydrogen-bond acceptors (Lipinski definition) is 5. The second-order valence-electron chi connectivity index (χ2n) is 6.78. The fourth-order valence-electron chi connectivity index (χ4n) is 2.51. The van der Waals surface area contributed by atoms with Crippen molar-refractivity contribution in [2.75, 3.05) is 11.9 Å². The molecule has 0 aliphatic rings. The molecule has 8 nitrogen and oxygen atoms in total. The van der Waals surface area contributed by atoms with E-state index in [0.29, 0.717) is 16.5 Å². The summed E-state index contributed by atoms with van der Waals surface area (Å²) in [6.07, 6.45) is -0.0762. The molecular formula is C21H22BrClN4O4S. The van der Waals surface area contributed by atoms with Crippen LogP contribution in [0.4, 0.5) is 5.69 Å². The summed E-state index contributed by atoms with van der Waals surface area (Å²) in [4.78, 5) is 35.9. The van der Waals surface area contributed by atoms with Gasteiger partial charge in [-0.25, -0.2) is 0 Å². The van der Waals surface area contributed by atoms with E-state index >= 15 is 0 Å². The van der Waals surface area contributed by atoms with E-state index < -0.39 is 11.8 Å². The van der Waals surface area contributed by atoms with E-state index in [2.05, 4.69) is 37.4 Å². The molecule has 0 heterocycles. The molecule has 2 aromatic rings. The van der Waals surface area contributed by atoms with E-state index in [4.69, 9.17) is 28.6 Å². The Balaban J connectivity index is 1.65. The van der Waals surface area contributed by atoms with Gasteiger partial charge in [0, 0.05) is 23.0 Å². The molecule has 0 bridgehead atoms. The molecule has 0 aliphatic heterocycles. The van der Waals surface area contributed by atoms with Gasteiger partial charge in [0.25, 0.3) is 5.91 Å². The van der Waals surface area contributed by atoms with Gasteiger partial charge in [0.1, 0.15) is 5.75 Å². The molecule has 170 valence electrons. The Morgan fingerprint density at radius 3 is 2.41 bits per heavy atom. The van der Waals surface area contributed by atoms with Crippen LogP contribution in [0.2, 0.25) is 5.02 Å². The van der Waals surface area contributed by atoms with Gasteiger partial charge in [-0.15, -0.1) is 0 Å². The lowest BCUT2D eigenvalue weighted by molar-refractivity contribution is -0.125. The molecule has 0 unspecified atom stereocenters. The molecule has 4 N–H and O–H groups in total. The summed E-state index contributed by atoms with van der Waals surface area (Å²) in [5, 5.41) is 5.36. The van der Waals surface area contributed by atoms with Crippen LogP contribution in [0.15, 0.2) is 40.9 Å². The highest BCUT2D eigenvalue weighted by Crippen LogP contribution is 2.27. The van der Waals surface area contributed by atoms with E-state index in [9.17, 15) is 14.4 Å². The molecule has 0 spiro atoms. The zero-order valence-electron chi connectivity index (χ0n) is 17.4. The van der Waals surface area contributed by atoms with Crippen LogP contribution >= 0.6 is 39.7 Å². The predicted octanol–water partition coefficient (Wildman–Crippen LogP) is 3.54. The molecule has 0 fully saturated rings. The lowest BCUT2D eigenvalue weighted by atomic mass is 10.1. The second-order valence-corrected chi connectivity index (χ2v) is 8.51. The number of halogens is 2. The van der Waals surface area contributed by atoms with Crippen molar-refractivity contribution in [3.63, 3.8) is 0 Å². The molecule has 0 aliphatic carbocycles. The quantitative estimate of drug-likeness (QED) is 0.315. The average Bonchev–Trinajstić information content (AvgIpc) is 2.72. The van der Waals surface area contributed by atoms with Crippen molar-refractivity contribution in [2.45, 2.75) is 26.7 Å². The van der Waals surface area contributed by atoms with Crippen molar-refractivity contribution in [3.05, 3.63) is 57.0 Å². The predicted molar refractivity (Wildman–Crippen MR) is 130 cm³/mol. The second kappa shape index (κ2) is 12.4. The van der Waals surface area contributed by atoms with E-state index in [-0.39, 0.29) is 30.5 Å². The summed E-state index contributed by atoms with van der Waals surface area (Å²) >= 11 is 14.2. The third-order valence-electron chi connectivity index (χ3n) is 4.06. The molecule has 0 aromatic heterocycles. The van der Waals surface area contributed by atoms with Crippen molar-refractivity contribution in [2.24, 2.45) is 0 Å². The van der Waals surface area contributed by atoms with Crippen LogP contribution in [0.5, 0.6) is 5.75 Å². The van der Waals surface area contributed by atoms with Gasteiger partial charge in [0.15, 0.2) is 11.7 Å². The van der Waals surface area contributed by atoms with Crippen molar-refractivity contribution < 1.29 is 19.1 Å². The summed E-state index contributed by atoms with van der Waals surface area (Å²) in [6.45, 7) is 3.54. The highest BCUT2D eigenvalue weighted by atomic mass is 79.9. The standard InChI is InChI=1S/C21H22BrClN4O4S/c1-12-3-5-16(13(2)9-12)24-18(28)7-8-19(29)26-27-21(32)25-20(30)11-31-17-6-4-14(22)10-15(17)23/h3-6,9-10H,7-8,11H2,1-2H3,(H,24,28)(H,26,29)(H2,25,27,30,32). The van der Waals surface area contributed by atoms with Crippen LogP contribution in [0.25, 0.3) is 0 Å². The Hall–Kier alpha value is -2.69. The first-order chi connectivity index (χ1) is 15.1. The lowest BCUT2D eigenvalue weighted by Crippen LogP contribution is -2.49. The fourth-order valence-corrected chi connectivity index (χ4v) is 3.40. The minimum atomic E-state index is -0.538. The highest BCUT2D eigenvalue weighted by Gasteiger charge is 2.11. The number of carbonyl (C=O) groups is 3. The van der Waals surface area contributed by atoms with Crippen LogP contribution in [0, 0.1) is 13.8 Å². The van der Waals surface area contributed by atoms with Gasteiger partial charge in [-0.1, -0.05) is 45.2 Å². The van der Waals surface area contributed by atoms with Crippen LogP contribution in [-0.2, 0) is 14.4 Å². The minimum absolute atomic E-state index is 0.0122. The number of carbonyl (C=O) groups excluding carboxylic acids is 3. The molecule has 0 saturated heterocycles. The zero-order valence-corrected chi connectivity index (χ0v) is 20.5. The lowest BCUT2D eigenvalue weighted by Gasteiger charge is -2.12. The third-order valence-corrected chi connectivity index (χ3v) is 5.05. The Bertz CT molecular complexity index is 1030. The maximum atomic E-state index is 12.0. The summed E-state index contributed by atoms with van der Waals surface area (Å²) in [5.74, 6) is -0.943. The first-order valence-corrected chi connectivity index (χ1v) is 11.1. The largest absolute Gasteiger partial charge is 0.482 e. The first kappa shape index (κ1) is 25.6. The van der Waals surface area contributed by atoms with Gasteiger partial charge in [-0.3, -0.25) is 30.6 Å². The van der Waals surface area contributed by atoms with E-state index in [1.54, 1.807) is 18.2 Å². The van der Waals surface area contributed by atoms with Crippen molar-refractivity contribution in [3.8, 4) is 5.75 Å².